The van der Waals surface area contributed by atoms with Crippen LogP contribution in [-0.4, -0.2) is 53.2 Å². The number of urea groups is 1. The van der Waals surface area contributed by atoms with E-state index in [0.29, 0.717) is 34.9 Å². The van der Waals surface area contributed by atoms with E-state index in [1.807, 2.05) is 0 Å². The van der Waals surface area contributed by atoms with E-state index in [9.17, 15) is 23.6 Å². The van der Waals surface area contributed by atoms with Gasteiger partial charge in [-0.1, -0.05) is 12.1 Å². The first-order valence-corrected chi connectivity index (χ1v) is 8.03. The van der Waals surface area contributed by atoms with E-state index in [1.165, 1.54) is 12.1 Å². The van der Waals surface area contributed by atoms with Gasteiger partial charge in [0.1, 0.15) is 12.4 Å². The van der Waals surface area contributed by atoms with Crippen LogP contribution in [0, 0.1) is 5.82 Å². The number of amides is 5. The quantitative estimate of drug-likeness (QED) is 0.436. The predicted molar refractivity (Wildman–Crippen MR) is 96.7 cm³/mol. The number of carbonyl (C=O) groups is 4. The number of benzene rings is 1. The molecule has 0 radical (unpaired) electrons. The highest BCUT2D eigenvalue weighted by Crippen LogP contribution is 2.24. The fraction of sp³-hybridized carbons (Fsp3) is 0.294. The minimum absolute atomic E-state index is 0. The summed E-state index contributed by atoms with van der Waals surface area (Å²) in [4.78, 5) is 49.1. The molecular formula is C17H18ClFN4O4. The average molecular weight is 397 g/mol. The van der Waals surface area contributed by atoms with Crippen LogP contribution >= 0.6 is 12.4 Å². The Balaban J connectivity index is 0.00000261. The number of fused-ring (bicyclic) bond motifs is 1. The van der Waals surface area contributed by atoms with E-state index in [4.69, 9.17) is 0 Å². The Labute approximate surface area is 160 Å². The van der Waals surface area contributed by atoms with Gasteiger partial charge in [0.15, 0.2) is 0 Å². The van der Waals surface area contributed by atoms with Crippen molar-refractivity contribution in [2.24, 2.45) is 0 Å². The van der Waals surface area contributed by atoms with Crippen molar-refractivity contribution in [3.05, 3.63) is 41.7 Å². The van der Waals surface area contributed by atoms with Gasteiger partial charge in [0.25, 0.3) is 0 Å². The van der Waals surface area contributed by atoms with E-state index in [1.54, 1.807) is 6.07 Å². The van der Waals surface area contributed by atoms with Crippen LogP contribution in [0.25, 0.3) is 0 Å². The van der Waals surface area contributed by atoms with Crippen molar-refractivity contribution in [1.82, 2.24) is 15.1 Å². The number of carbonyl (C=O) groups excluding carboxylic acids is 4. The van der Waals surface area contributed by atoms with Gasteiger partial charge in [-0.3, -0.25) is 19.3 Å². The second-order valence-corrected chi connectivity index (χ2v) is 5.92. The molecule has 2 heterocycles. The molecule has 2 aliphatic heterocycles. The van der Waals surface area contributed by atoms with Crippen molar-refractivity contribution in [1.29, 1.82) is 0 Å². The molecule has 0 bridgehead atoms. The van der Waals surface area contributed by atoms with Gasteiger partial charge in [0.2, 0.25) is 5.91 Å². The molecule has 0 atom stereocenters. The lowest BCUT2D eigenvalue weighted by molar-refractivity contribution is -0.143. The van der Waals surface area contributed by atoms with Crippen LogP contribution in [0.5, 0.6) is 0 Å². The summed E-state index contributed by atoms with van der Waals surface area (Å²) in [7, 11) is 0. The van der Waals surface area contributed by atoms with Crippen molar-refractivity contribution in [3.8, 4) is 0 Å². The zero-order valence-electron chi connectivity index (χ0n) is 14.3. The summed E-state index contributed by atoms with van der Waals surface area (Å²) in [5, 5.41) is 5.49. The third-order valence-electron chi connectivity index (χ3n) is 4.23. The Morgan fingerprint density at radius 2 is 1.96 bits per heavy atom. The summed E-state index contributed by atoms with van der Waals surface area (Å²) in [6.45, 7) is 3.79. The van der Waals surface area contributed by atoms with Gasteiger partial charge in [-0.25, -0.2) is 14.1 Å². The molecule has 3 rings (SSSR count). The molecule has 2 N–H and O–H groups in total. The maximum atomic E-state index is 14.5. The highest BCUT2D eigenvalue weighted by molar-refractivity contribution is 6.45. The van der Waals surface area contributed by atoms with E-state index in [2.05, 4.69) is 17.2 Å². The van der Waals surface area contributed by atoms with E-state index >= 15 is 0 Å². The Morgan fingerprint density at radius 3 is 2.67 bits per heavy atom. The first kappa shape index (κ1) is 20.5. The minimum Gasteiger partial charge on any atom is -0.322 e. The lowest BCUT2D eigenvalue weighted by Gasteiger charge is -2.20. The third-order valence-corrected chi connectivity index (χ3v) is 4.23. The maximum absolute atomic E-state index is 14.5. The molecule has 1 saturated heterocycles. The van der Waals surface area contributed by atoms with Gasteiger partial charge in [0, 0.05) is 13.1 Å². The number of rotatable bonds is 5. The number of nitrogens with zero attached hydrogens (tertiary/aromatic N) is 2. The first-order chi connectivity index (χ1) is 12.4. The molecule has 1 aromatic carbocycles. The molecule has 0 aromatic heterocycles. The van der Waals surface area contributed by atoms with E-state index in [0.717, 1.165) is 5.56 Å². The van der Waals surface area contributed by atoms with Crippen LogP contribution in [0.4, 0.5) is 14.9 Å². The monoisotopic (exact) mass is 396 g/mol. The van der Waals surface area contributed by atoms with Crippen LogP contribution in [0.2, 0.25) is 0 Å². The van der Waals surface area contributed by atoms with Crippen LogP contribution in [0.1, 0.15) is 11.1 Å². The Kier molecular flexibility index (Phi) is 6.29. The van der Waals surface area contributed by atoms with E-state index in [-0.39, 0.29) is 24.6 Å². The normalized spacial score (nSPS) is 16.1. The Hall–Kier alpha value is -2.78. The molecular weight excluding hydrogens is 379 g/mol. The summed E-state index contributed by atoms with van der Waals surface area (Å²) in [5.74, 6) is -3.41. The van der Waals surface area contributed by atoms with Crippen molar-refractivity contribution < 1.29 is 23.6 Å². The lowest BCUT2D eigenvalue weighted by atomic mass is 9.99. The van der Waals surface area contributed by atoms with Crippen molar-refractivity contribution in [3.63, 3.8) is 0 Å². The minimum atomic E-state index is -1.09. The molecule has 27 heavy (non-hydrogen) atoms. The number of halogens is 2. The molecule has 144 valence electrons. The van der Waals surface area contributed by atoms with Gasteiger partial charge in [-0.15, -0.1) is 19.0 Å². The number of nitrogens with one attached hydrogen (secondary N) is 2. The SMILES string of the molecule is C=CCN1C(=O)C(=O)N(CC(=O)Nc2ccc3c(c2F)CCNC3)C1=O.Cl. The molecule has 0 aliphatic carbocycles. The topological polar surface area (TPSA) is 98.8 Å². The second kappa shape index (κ2) is 8.28. The molecule has 5 amide bonds. The van der Waals surface area contributed by atoms with E-state index < -0.39 is 36.1 Å². The van der Waals surface area contributed by atoms with Crippen LogP contribution < -0.4 is 10.6 Å². The van der Waals surface area contributed by atoms with Gasteiger partial charge in [-0.05, 0) is 30.2 Å². The summed E-state index contributed by atoms with van der Waals surface area (Å²) >= 11 is 0. The number of anilines is 1. The molecule has 8 nitrogen and oxygen atoms in total. The summed E-state index contributed by atoms with van der Waals surface area (Å²) in [6, 6.07) is 2.25. The standard InChI is InChI=1S/C17H17FN4O4.ClH/c1-2-7-21-15(24)16(25)22(17(21)26)9-13(23)20-12-4-3-10-8-19-6-5-11(10)14(12)18;/h2-4,19H,1,5-9H2,(H,20,23);1H. The smallest absolute Gasteiger partial charge is 0.322 e. The van der Waals surface area contributed by atoms with Crippen molar-refractivity contribution in [2.75, 3.05) is 25.0 Å². The molecule has 0 unspecified atom stereocenters. The third kappa shape index (κ3) is 3.83. The Bertz CT molecular complexity index is 829. The number of imide groups is 2. The average Bonchev–Trinajstić information content (AvgIpc) is 2.83. The van der Waals surface area contributed by atoms with Gasteiger partial charge in [-0.2, -0.15) is 0 Å². The van der Waals surface area contributed by atoms with Crippen LogP contribution in [0.15, 0.2) is 24.8 Å². The predicted octanol–water partition coefficient (Wildman–Crippen LogP) is 0.808. The summed E-state index contributed by atoms with van der Waals surface area (Å²) in [5.41, 5.74) is 1.33. The highest BCUT2D eigenvalue weighted by Gasteiger charge is 2.44. The largest absolute Gasteiger partial charge is 0.335 e. The first-order valence-electron chi connectivity index (χ1n) is 8.03. The van der Waals surface area contributed by atoms with Crippen LogP contribution in [-0.2, 0) is 27.3 Å². The zero-order valence-corrected chi connectivity index (χ0v) is 15.1. The van der Waals surface area contributed by atoms with Gasteiger partial charge >= 0.3 is 17.8 Å². The van der Waals surface area contributed by atoms with Crippen molar-refractivity contribution in [2.45, 2.75) is 13.0 Å². The lowest BCUT2D eigenvalue weighted by Crippen LogP contribution is -2.39. The highest BCUT2D eigenvalue weighted by atomic mass is 35.5. The molecule has 1 fully saturated rings. The fourth-order valence-corrected chi connectivity index (χ4v) is 2.94. The van der Waals surface area contributed by atoms with Crippen LogP contribution in [0.3, 0.4) is 0 Å². The summed E-state index contributed by atoms with van der Waals surface area (Å²) < 4.78 is 14.5. The molecule has 0 saturated carbocycles. The Morgan fingerprint density at radius 1 is 1.26 bits per heavy atom. The maximum Gasteiger partial charge on any atom is 0.335 e. The van der Waals surface area contributed by atoms with Crippen molar-refractivity contribution >= 4 is 41.8 Å². The molecule has 10 heteroatoms. The number of hydrogen-bond donors (Lipinski definition) is 2. The molecule has 1 aromatic rings. The zero-order chi connectivity index (χ0) is 18.8. The molecule has 2 aliphatic rings. The second-order valence-electron chi connectivity index (χ2n) is 5.92. The van der Waals surface area contributed by atoms with Gasteiger partial charge in [0.05, 0.1) is 5.69 Å². The summed E-state index contributed by atoms with van der Waals surface area (Å²) in [6.07, 6.45) is 1.79. The number of hydrogen-bond acceptors (Lipinski definition) is 5. The van der Waals surface area contributed by atoms with Gasteiger partial charge < -0.3 is 10.6 Å². The fourth-order valence-electron chi connectivity index (χ4n) is 2.94. The molecule has 0 spiro atoms.